The van der Waals surface area contributed by atoms with Gasteiger partial charge in [0.15, 0.2) is 0 Å². The summed E-state index contributed by atoms with van der Waals surface area (Å²) in [5.74, 6) is 0.519. The molecular formula is C15H17N5O2. The van der Waals surface area contributed by atoms with Crippen molar-refractivity contribution in [2.45, 2.75) is 38.6 Å². The van der Waals surface area contributed by atoms with E-state index >= 15 is 0 Å². The Kier molecular flexibility index (Phi) is 3.67. The largest absolute Gasteiger partial charge is 0.389 e. The van der Waals surface area contributed by atoms with E-state index in [1.165, 1.54) is 29.4 Å². The molecule has 22 heavy (non-hydrogen) atoms. The van der Waals surface area contributed by atoms with Crippen LogP contribution in [-0.2, 0) is 0 Å². The summed E-state index contributed by atoms with van der Waals surface area (Å²) in [5, 5.41) is 18.5. The van der Waals surface area contributed by atoms with Gasteiger partial charge < -0.3 is 5.32 Å². The zero-order chi connectivity index (χ0) is 15.7. The fourth-order valence-electron chi connectivity index (χ4n) is 3.08. The van der Waals surface area contributed by atoms with Gasteiger partial charge in [-0.2, -0.15) is 5.10 Å². The Morgan fingerprint density at radius 2 is 2.27 bits per heavy atom. The molecule has 1 aliphatic rings. The molecule has 1 saturated carbocycles. The van der Waals surface area contributed by atoms with E-state index in [-0.39, 0.29) is 11.7 Å². The minimum Gasteiger partial charge on any atom is -0.389 e. The van der Waals surface area contributed by atoms with Crippen LogP contribution in [0.5, 0.6) is 0 Å². The van der Waals surface area contributed by atoms with E-state index in [0.717, 1.165) is 19.3 Å². The maximum absolute atomic E-state index is 11.0. The maximum atomic E-state index is 11.0. The Labute approximate surface area is 127 Å². The summed E-state index contributed by atoms with van der Waals surface area (Å²) >= 11 is 0. The van der Waals surface area contributed by atoms with Crippen LogP contribution in [-0.4, -0.2) is 20.6 Å². The molecule has 2 heterocycles. The first-order chi connectivity index (χ1) is 10.6. The number of nitrogens with one attached hydrogen (secondary N) is 1. The Morgan fingerprint density at radius 3 is 2.95 bits per heavy atom. The maximum Gasteiger partial charge on any atom is 0.289 e. The molecule has 0 saturated heterocycles. The molecule has 2 atom stereocenters. The predicted molar refractivity (Wildman–Crippen MR) is 83.2 cm³/mol. The topological polar surface area (TPSA) is 76.8 Å². The Bertz CT molecular complexity index is 761. The lowest BCUT2D eigenvalue weighted by Gasteiger charge is -2.31. The van der Waals surface area contributed by atoms with Gasteiger partial charge in [0.2, 0.25) is 5.69 Å². The van der Waals surface area contributed by atoms with Gasteiger partial charge in [0.25, 0.3) is 5.69 Å². The standard InChI is InChI=1S/C15H17N5O2/c1-10-5-3-4-6-12(10)18-15-13(16-2)8-17-19-9-11(20(21)22)7-14(15)19/h7-10,12,18H,3-6H2,1H3/t10-,12+/m1/s1. The van der Waals surface area contributed by atoms with Gasteiger partial charge >= 0.3 is 0 Å². The Hall–Kier alpha value is -2.62. The van der Waals surface area contributed by atoms with Crippen LogP contribution in [0.15, 0.2) is 18.5 Å². The van der Waals surface area contributed by atoms with E-state index in [9.17, 15) is 10.1 Å². The summed E-state index contributed by atoms with van der Waals surface area (Å²) in [6.45, 7) is 9.52. The van der Waals surface area contributed by atoms with Crippen LogP contribution in [0.3, 0.4) is 0 Å². The normalized spacial score (nSPS) is 21.5. The molecular weight excluding hydrogens is 282 g/mol. The number of fused-ring (bicyclic) bond motifs is 1. The highest BCUT2D eigenvalue weighted by molar-refractivity contribution is 5.86. The zero-order valence-corrected chi connectivity index (χ0v) is 12.3. The highest BCUT2D eigenvalue weighted by Crippen LogP contribution is 2.35. The van der Waals surface area contributed by atoms with Crippen LogP contribution in [0, 0.1) is 22.6 Å². The average molecular weight is 299 g/mol. The van der Waals surface area contributed by atoms with Crippen LogP contribution in [0.1, 0.15) is 32.6 Å². The number of anilines is 1. The van der Waals surface area contributed by atoms with Crippen LogP contribution in [0.2, 0.25) is 0 Å². The predicted octanol–water partition coefficient (Wildman–Crippen LogP) is 3.78. The lowest BCUT2D eigenvalue weighted by molar-refractivity contribution is -0.384. The van der Waals surface area contributed by atoms with Gasteiger partial charge in [-0.15, -0.1) is 0 Å². The molecule has 7 heteroatoms. The van der Waals surface area contributed by atoms with Crippen LogP contribution >= 0.6 is 0 Å². The quantitative estimate of drug-likeness (QED) is 0.531. The molecule has 7 nitrogen and oxygen atoms in total. The summed E-state index contributed by atoms with van der Waals surface area (Å²) in [5.41, 5.74) is 1.61. The minimum atomic E-state index is -0.445. The van der Waals surface area contributed by atoms with Gasteiger partial charge in [-0.25, -0.2) is 9.36 Å². The van der Waals surface area contributed by atoms with E-state index in [4.69, 9.17) is 6.57 Å². The molecule has 0 bridgehead atoms. The molecule has 1 N–H and O–H groups in total. The first-order valence-corrected chi connectivity index (χ1v) is 7.40. The third-order valence-electron chi connectivity index (χ3n) is 4.38. The van der Waals surface area contributed by atoms with Crippen LogP contribution < -0.4 is 5.32 Å². The van der Waals surface area contributed by atoms with Crippen molar-refractivity contribution < 1.29 is 4.92 Å². The first-order valence-electron chi connectivity index (χ1n) is 7.40. The van der Waals surface area contributed by atoms with Crippen molar-refractivity contribution >= 4 is 22.6 Å². The van der Waals surface area contributed by atoms with E-state index in [1.807, 2.05) is 0 Å². The highest BCUT2D eigenvalue weighted by Gasteiger charge is 2.24. The van der Waals surface area contributed by atoms with E-state index in [0.29, 0.717) is 22.8 Å². The van der Waals surface area contributed by atoms with Crippen molar-refractivity contribution in [3.8, 4) is 0 Å². The third-order valence-corrected chi connectivity index (χ3v) is 4.38. The van der Waals surface area contributed by atoms with Crippen molar-refractivity contribution in [1.82, 2.24) is 9.61 Å². The smallest absolute Gasteiger partial charge is 0.289 e. The molecule has 0 spiro atoms. The Balaban J connectivity index is 2.05. The van der Waals surface area contributed by atoms with E-state index < -0.39 is 4.92 Å². The SMILES string of the molecule is [C-]#[N+]c1cnn2cc([N+](=O)[O-])cc2c1N[C@H]1CCCC[C@H]1C. The second kappa shape index (κ2) is 5.64. The monoisotopic (exact) mass is 299 g/mol. The number of hydrogen-bond donors (Lipinski definition) is 1. The molecule has 1 fully saturated rings. The second-order valence-electron chi connectivity index (χ2n) is 5.81. The summed E-state index contributed by atoms with van der Waals surface area (Å²) in [6.07, 6.45) is 7.44. The molecule has 0 amide bonds. The van der Waals surface area contributed by atoms with E-state index in [1.54, 1.807) is 0 Å². The third kappa shape index (κ3) is 2.48. The lowest BCUT2D eigenvalue weighted by Crippen LogP contribution is -2.30. The van der Waals surface area contributed by atoms with Gasteiger partial charge in [-0.3, -0.25) is 10.1 Å². The second-order valence-corrected chi connectivity index (χ2v) is 5.81. The number of rotatable bonds is 3. The van der Waals surface area contributed by atoms with Gasteiger partial charge in [0, 0.05) is 12.1 Å². The number of hydrogen-bond acceptors (Lipinski definition) is 4. The Morgan fingerprint density at radius 1 is 1.50 bits per heavy atom. The molecule has 1 aliphatic carbocycles. The number of nitro groups is 1. The molecule has 0 aromatic carbocycles. The molecule has 2 aromatic heterocycles. The van der Waals surface area contributed by atoms with E-state index in [2.05, 4.69) is 22.2 Å². The molecule has 114 valence electrons. The van der Waals surface area contributed by atoms with Gasteiger partial charge in [-0.1, -0.05) is 19.8 Å². The van der Waals surface area contributed by atoms with Gasteiger partial charge in [0.05, 0.1) is 28.9 Å². The van der Waals surface area contributed by atoms with Gasteiger partial charge in [0.1, 0.15) is 6.20 Å². The molecule has 3 rings (SSSR count). The fraction of sp³-hybridized carbons (Fsp3) is 0.467. The van der Waals surface area contributed by atoms with Crippen molar-refractivity contribution in [3.63, 3.8) is 0 Å². The van der Waals surface area contributed by atoms with Crippen LogP contribution in [0.25, 0.3) is 10.4 Å². The number of aromatic nitrogens is 2. The number of nitrogens with zero attached hydrogens (tertiary/aromatic N) is 4. The molecule has 0 radical (unpaired) electrons. The van der Waals surface area contributed by atoms with Crippen molar-refractivity contribution in [2.75, 3.05) is 5.32 Å². The molecule has 0 unspecified atom stereocenters. The summed E-state index contributed by atoms with van der Waals surface area (Å²) in [6, 6.07) is 1.76. The van der Waals surface area contributed by atoms with Crippen molar-refractivity contribution in [1.29, 1.82) is 0 Å². The van der Waals surface area contributed by atoms with Crippen molar-refractivity contribution in [2.24, 2.45) is 5.92 Å². The minimum absolute atomic E-state index is 0.0191. The van der Waals surface area contributed by atoms with Crippen LogP contribution in [0.4, 0.5) is 17.1 Å². The summed E-state index contributed by atoms with van der Waals surface area (Å²) in [7, 11) is 0. The van der Waals surface area contributed by atoms with Crippen molar-refractivity contribution in [3.05, 3.63) is 40.0 Å². The lowest BCUT2D eigenvalue weighted by atomic mass is 9.86. The average Bonchev–Trinajstić information content (AvgIpc) is 2.94. The zero-order valence-electron chi connectivity index (χ0n) is 12.3. The summed E-state index contributed by atoms with van der Waals surface area (Å²) in [4.78, 5) is 14.0. The highest BCUT2D eigenvalue weighted by atomic mass is 16.6. The summed E-state index contributed by atoms with van der Waals surface area (Å²) < 4.78 is 1.46. The fourth-order valence-corrected chi connectivity index (χ4v) is 3.08. The molecule has 0 aliphatic heterocycles. The first kappa shape index (κ1) is 14.3. The van der Waals surface area contributed by atoms with Gasteiger partial charge in [-0.05, 0) is 18.8 Å². The molecule has 2 aromatic rings.